The second kappa shape index (κ2) is 6.84. The molecule has 1 aromatic carbocycles. The first-order valence-electron chi connectivity index (χ1n) is 5.36. The SMILES string of the molecule is O=C([O-])CSc1cccnc1Sc1ccc(Cl)cc1. The van der Waals surface area contributed by atoms with E-state index in [0.717, 1.165) is 14.8 Å². The lowest BCUT2D eigenvalue weighted by atomic mass is 10.4. The van der Waals surface area contributed by atoms with Crippen LogP contribution in [0.15, 0.2) is 57.4 Å². The Hall–Kier alpha value is -1.17. The summed E-state index contributed by atoms with van der Waals surface area (Å²) < 4.78 is 0. The normalized spacial score (nSPS) is 10.4. The standard InChI is InChI=1S/C13H10ClNO2S2/c14-9-3-5-10(6-4-9)19-13-11(2-1-7-15-13)18-8-12(16)17/h1-7H,8H2,(H,16,17)/p-1. The van der Waals surface area contributed by atoms with Gasteiger partial charge in [-0.3, -0.25) is 0 Å². The summed E-state index contributed by atoms with van der Waals surface area (Å²) in [5, 5.41) is 12.0. The lowest BCUT2D eigenvalue weighted by molar-refractivity contribution is -0.301. The molecule has 0 saturated heterocycles. The molecular weight excluding hydrogens is 302 g/mol. The molecular formula is C13H9ClNO2S2-. The second-order valence-corrected chi connectivity index (χ2v) is 6.04. The van der Waals surface area contributed by atoms with Gasteiger partial charge < -0.3 is 9.90 Å². The zero-order chi connectivity index (χ0) is 13.7. The monoisotopic (exact) mass is 310 g/mol. The number of thioether (sulfide) groups is 1. The molecule has 0 bridgehead atoms. The van der Waals surface area contributed by atoms with Crippen molar-refractivity contribution < 1.29 is 9.90 Å². The van der Waals surface area contributed by atoms with Gasteiger partial charge in [0.25, 0.3) is 0 Å². The fraction of sp³-hybridized carbons (Fsp3) is 0.0769. The van der Waals surface area contributed by atoms with E-state index in [9.17, 15) is 9.90 Å². The Balaban J connectivity index is 2.15. The number of carboxylic acid groups (broad SMARTS) is 1. The Kier molecular flexibility index (Phi) is 5.13. The summed E-state index contributed by atoms with van der Waals surface area (Å²) in [6.45, 7) is 0. The number of hydrogen-bond acceptors (Lipinski definition) is 5. The van der Waals surface area contributed by atoms with Gasteiger partial charge in [-0.1, -0.05) is 23.4 Å². The summed E-state index contributed by atoms with van der Waals surface area (Å²) in [5.41, 5.74) is 0. The average Bonchev–Trinajstić information content (AvgIpc) is 2.40. The van der Waals surface area contributed by atoms with E-state index in [0.29, 0.717) is 5.02 Å². The number of carbonyl (C=O) groups is 1. The lowest BCUT2D eigenvalue weighted by Crippen LogP contribution is -2.24. The van der Waals surface area contributed by atoms with Gasteiger partial charge in [-0.25, -0.2) is 4.98 Å². The summed E-state index contributed by atoms with van der Waals surface area (Å²) in [4.78, 5) is 16.6. The number of aliphatic carboxylic acids is 1. The summed E-state index contributed by atoms with van der Waals surface area (Å²) in [6.07, 6.45) is 1.68. The van der Waals surface area contributed by atoms with Gasteiger partial charge in [0.05, 0.1) is 5.97 Å². The molecule has 0 radical (unpaired) electrons. The van der Waals surface area contributed by atoms with Crippen LogP contribution in [-0.4, -0.2) is 16.7 Å². The number of rotatable bonds is 5. The third-order valence-corrected chi connectivity index (χ3v) is 4.54. The minimum absolute atomic E-state index is 0.0835. The zero-order valence-electron chi connectivity index (χ0n) is 9.71. The van der Waals surface area contributed by atoms with Crippen LogP contribution in [0.4, 0.5) is 0 Å². The maximum atomic E-state index is 10.5. The minimum Gasteiger partial charge on any atom is -0.549 e. The van der Waals surface area contributed by atoms with E-state index in [-0.39, 0.29) is 5.75 Å². The van der Waals surface area contributed by atoms with E-state index in [4.69, 9.17) is 11.6 Å². The van der Waals surface area contributed by atoms with E-state index >= 15 is 0 Å². The van der Waals surface area contributed by atoms with Crippen molar-refractivity contribution in [3.8, 4) is 0 Å². The number of nitrogens with zero attached hydrogens (tertiary/aromatic N) is 1. The van der Waals surface area contributed by atoms with Crippen molar-refractivity contribution in [1.29, 1.82) is 0 Å². The highest BCUT2D eigenvalue weighted by atomic mass is 35.5. The van der Waals surface area contributed by atoms with Crippen LogP contribution < -0.4 is 5.11 Å². The molecule has 0 fully saturated rings. The van der Waals surface area contributed by atoms with Gasteiger partial charge in [0.2, 0.25) is 0 Å². The first kappa shape index (κ1) is 14.2. The largest absolute Gasteiger partial charge is 0.549 e. The molecule has 3 nitrogen and oxygen atoms in total. The lowest BCUT2D eigenvalue weighted by Gasteiger charge is -2.08. The molecule has 1 heterocycles. The number of hydrogen-bond donors (Lipinski definition) is 0. The van der Waals surface area contributed by atoms with Gasteiger partial charge in [0.15, 0.2) is 0 Å². The highest BCUT2D eigenvalue weighted by molar-refractivity contribution is 8.02. The number of aromatic nitrogens is 1. The van der Waals surface area contributed by atoms with Crippen LogP contribution in [-0.2, 0) is 4.79 Å². The third-order valence-electron chi connectivity index (χ3n) is 2.11. The Labute approximate surface area is 124 Å². The molecule has 0 aliphatic rings. The van der Waals surface area contributed by atoms with E-state index in [2.05, 4.69) is 4.98 Å². The minimum atomic E-state index is -1.09. The van der Waals surface area contributed by atoms with Crippen molar-refractivity contribution in [3.05, 3.63) is 47.6 Å². The van der Waals surface area contributed by atoms with Crippen molar-refractivity contribution >= 4 is 41.1 Å². The summed E-state index contributed by atoms with van der Waals surface area (Å²) in [5.74, 6) is -1.17. The molecule has 2 aromatic rings. The Morgan fingerprint density at radius 2 is 2.00 bits per heavy atom. The number of carbonyl (C=O) groups excluding carboxylic acids is 1. The first-order valence-corrected chi connectivity index (χ1v) is 7.54. The van der Waals surface area contributed by atoms with E-state index < -0.39 is 5.97 Å². The van der Waals surface area contributed by atoms with Crippen molar-refractivity contribution in [3.63, 3.8) is 0 Å². The van der Waals surface area contributed by atoms with Gasteiger partial charge >= 0.3 is 0 Å². The molecule has 1 aromatic heterocycles. The molecule has 19 heavy (non-hydrogen) atoms. The highest BCUT2D eigenvalue weighted by Crippen LogP contribution is 2.34. The Morgan fingerprint density at radius 3 is 2.68 bits per heavy atom. The van der Waals surface area contributed by atoms with Crippen LogP contribution in [0.1, 0.15) is 0 Å². The molecule has 0 aliphatic carbocycles. The van der Waals surface area contributed by atoms with E-state index in [1.54, 1.807) is 24.4 Å². The van der Waals surface area contributed by atoms with Crippen molar-refractivity contribution in [2.24, 2.45) is 0 Å². The van der Waals surface area contributed by atoms with Crippen LogP contribution in [0.3, 0.4) is 0 Å². The molecule has 2 rings (SSSR count). The van der Waals surface area contributed by atoms with Gasteiger partial charge in [-0.15, -0.1) is 11.8 Å². The molecule has 0 amide bonds. The molecule has 0 saturated carbocycles. The van der Waals surface area contributed by atoms with Crippen LogP contribution >= 0.6 is 35.1 Å². The quantitative estimate of drug-likeness (QED) is 0.795. The molecule has 0 aliphatic heterocycles. The van der Waals surface area contributed by atoms with Crippen LogP contribution in [0.25, 0.3) is 0 Å². The smallest absolute Gasteiger partial charge is 0.114 e. The van der Waals surface area contributed by atoms with Crippen LogP contribution in [0.5, 0.6) is 0 Å². The maximum absolute atomic E-state index is 10.5. The van der Waals surface area contributed by atoms with Gasteiger partial charge in [-0.05, 0) is 36.4 Å². The van der Waals surface area contributed by atoms with Crippen molar-refractivity contribution in [2.75, 3.05) is 5.75 Å². The van der Waals surface area contributed by atoms with Crippen molar-refractivity contribution in [2.45, 2.75) is 14.8 Å². The topological polar surface area (TPSA) is 53.0 Å². The molecule has 0 N–H and O–H groups in total. The molecule has 0 spiro atoms. The number of pyridine rings is 1. The predicted octanol–water partition coefficient (Wildman–Crippen LogP) is 2.73. The van der Waals surface area contributed by atoms with E-state index in [1.165, 1.54) is 23.5 Å². The van der Waals surface area contributed by atoms with Gasteiger partial charge in [-0.2, -0.15) is 0 Å². The van der Waals surface area contributed by atoms with Crippen molar-refractivity contribution in [1.82, 2.24) is 4.98 Å². The Morgan fingerprint density at radius 1 is 1.26 bits per heavy atom. The molecule has 6 heteroatoms. The van der Waals surface area contributed by atoms with Gasteiger partial charge in [0.1, 0.15) is 5.03 Å². The molecule has 0 atom stereocenters. The highest BCUT2D eigenvalue weighted by Gasteiger charge is 2.06. The summed E-state index contributed by atoms with van der Waals surface area (Å²) >= 11 is 8.51. The first-order chi connectivity index (χ1) is 9.15. The predicted molar refractivity (Wildman–Crippen MR) is 75.5 cm³/mol. The van der Waals surface area contributed by atoms with Gasteiger partial charge in [0, 0.05) is 26.8 Å². The van der Waals surface area contributed by atoms with E-state index in [1.807, 2.05) is 18.2 Å². The van der Waals surface area contributed by atoms with Crippen LogP contribution in [0, 0.1) is 0 Å². The zero-order valence-corrected chi connectivity index (χ0v) is 12.1. The van der Waals surface area contributed by atoms with Crippen LogP contribution in [0.2, 0.25) is 5.02 Å². The third kappa shape index (κ3) is 4.45. The number of halogens is 1. The fourth-order valence-corrected chi connectivity index (χ4v) is 3.14. The maximum Gasteiger partial charge on any atom is 0.114 e. The second-order valence-electron chi connectivity index (χ2n) is 3.52. The average molecular weight is 311 g/mol. The number of benzene rings is 1. The summed E-state index contributed by atoms with van der Waals surface area (Å²) in [7, 11) is 0. The molecule has 98 valence electrons. The Bertz CT molecular complexity index is 575. The fourth-order valence-electron chi connectivity index (χ4n) is 1.31. The summed E-state index contributed by atoms with van der Waals surface area (Å²) in [6, 6.07) is 11.0. The molecule has 0 unspecified atom stereocenters. The number of carboxylic acids is 1.